The lowest BCUT2D eigenvalue weighted by Gasteiger charge is -2.58. The van der Waals surface area contributed by atoms with Crippen molar-refractivity contribution in [3.05, 3.63) is 88.0 Å². The number of carbonyl (C=O) groups excluding carboxylic acids is 2. The SMILES string of the molecule is C[C@]12C=CC(=O)C=C1CC[C@@H]1C2[C@@H](O)C[C@@]2(C)C1C[C@@H](O[C@@H](O)c1cc(Cc3cccc(N)c3)ccc1Cl)[C@@H]2C(=O)CO. The van der Waals surface area contributed by atoms with Crippen molar-refractivity contribution in [1.82, 2.24) is 0 Å². The Morgan fingerprint density at radius 1 is 1.19 bits per heavy atom. The monoisotopic (exact) mass is 605 g/mol. The van der Waals surface area contributed by atoms with E-state index in [-0.39, 0.29) is 29.3 Å². The van der Waals surface area contributed by atoms with E-state index >= 15 is 0 Å². The number of rotatable bonds is 7. The number of halogens is 1. The Kier molecular flexibility index (Phi) is 7.93. The summed E-state index contributed by atoms with van der Waals surface area (Å²) in [6.07, 6.45) is 5.52. The summed E-state index contributed by atoms with van der Waals surface area (Å²) in [5.41, 5.74) is 8.96. The Labute approximate surface area is 257 Å². The van der Waals surface area contributed by atoms with Gasteiger partial charge in [-0.3, -0.25) is 9.59 Å². The van der Waals surface area contributed by atoms with E-state index in [0.29, 0.717) is 35.5 Å². The Hall–Kier alpha value is -2.81. The van der Waals surface area contributed by atoms with Crippen LogP contribution in [0.1, 0.15) is 62.5 Å². The van der Waals surface area contributed by atoms with Crippen LogP contribution in [0, 0.1) is 34.5 Å². The molecule has 3 saturated carbocycles. The minimum atomic E-state index is -1.39. The number of ether oxygens (including phenoxy) is 1. The molecule has 3 fully saturated rings. The van der Waals surface area contributed by atoms with Gasteiger partial charge < -0.3 is 25.8 Å². The number of hydrogen-bond donors (Lipinski definition) is 4. The maximum absolute atomic E-state index is 13.4. The predicted molar refractivity (Wildman–Crippen MR) is 164 cm³/mol. The molecule has 2 unspecified atom stereocenters. The molecule has 2 aromatic carbocycles. The summed E-state index contributed by atoms with van der Waals surface area (Å²) in [6.45, 7) is 3.49. The van der Waals surface area contributed by atoms with Crippen LogP contribution < -0.4 is 5.73 Å². The second-order valence-electron chi connectivity index (χ2n) is 13.4. The van der Waals surface area contributed by atoms with E-state index in [9.17, 15) is 24.9 Å². The molecule has 0 saturated heterocycles. The lowest BCUT2D eigenvalue weighted by atomic mass is 9.46. The first-order valence-corrected chi connectivity index (χ1v) is 15.5. The number of hydrogen-bond acceptors (Lipinski definition) is 7. The highest BCUT2D eigenvalue weighted by Crippen LogP contribution is 2.66. The molecule has 43 heavy (non-hydrogen) atoms. The van der Waals surface area contributed by atoms with Gasteiger partial charge in [-0.2, -0.15) is 0 Å². The number of carbonyl (C=O) groups is 2. The third-order valence-corrected chi connectivity index (χ3v) is 11.3. The maximum Gasteiger partial charge on any atom is 0.182 e. The van der Waals surface area contributed by atoms with Crippen LogP contribution in [0.5, 0.6) is 0 Å². The highest BCUT2D eigenvalue weighted by molar-refractivity contribution is 6.31. The number of allylic oxidation sites excluding steroid dienone is 4. The molecular weight excluding hydrogens is 566 g/mol. The minimum absolute atomic E-state index is 0.0198. The summed E-state index contributed by atoms with van der Waals surface area (Å²) in [4.78, 5) is 25.5. The van der Waals surface area contributed by atoms with Gasteiger partial charge in [0, 0.05) is 27.6 Å². The van der Waals surface area contributed by atoms with Gasteiger partial charge in [0.05, 0.1) is 18.1 Å². The van der Waals surface area contributed by atoms with Gasteiger partial charge in [-0.05, 0) is 96.9 Å². The number of benzene rings is 2. The Balaban J connectivity index is 1.28. The fourth-order valence-corrected chi connectivity index (χ4v) is 9.41. The van der Waals surface area contributed by atoms with Crippen LogP contribution in [0.3, 0.4) is 0 Å². The molecule has 0 aromatic heterocycles. The number of ketones is 2. The van der Waals surface area contributed by atoms with Crippen LogP contribution in [-0.2, 0) is 20.7 Å². The average molecular weight is 606 g/mol. The van der Waals surface area contributed by atoms with E-state index in [4.69, 9.17) is 22.1 Å². The van der Waals surface area contributed by atoms with E-state index in [2.05, 4.69) is 6.92 Å². The average Bonchev–Trinajstić information content (AvgIpc) is 3.24. The molecule has 228 valence electrons. The van der Waals surface area contributed by atoms with Crippen molar-refractivity contribution in [3.63, 3.8) is 0 Å². The smallest absolute Gasteiger partial charge is 0.182 e. The summed E-state index contributed by atoms with van der Waals surface area (Å²) >= 11 is 6.55. The Morgan fingerprint density at radius 2 is 1.95 bits per heavy atom. The largest absolute Gasteiger partial charge is 0.399 e. The van der Waals surface area contributed by atoms with Gasteiger partial charge in [0.25, 0.3) is 0 Å². The van der Waals surface area contributed by atoms with Crippen molar-refractivity contribution in [2.24, 2.45) is 34.5 Å². The highest BCUT2D eigenvalue weighted by atomic mass is 35.5. The molecule has 5 N–H and O–H groups in total. The zero-order valence-corrected chi connectivity index (χ0v) is 25.3. The molecule has 7 nitrogen and oxygen atoms in total. The van der Waals surface area contributed by atoms with Gasteiger partial charge in [0.1, 0.15) is 6.61 Å². The second kappa shape index (κ2) is 11.3. The topological polar surface area (TPSA) is 130 Å². The first kappa shape index (κ1) is 30.2. The normalized spacial score (nSPS) is 35.5. The fraction of sp³-hybridized carbons (Fsp3) is 0.486. The van der Waals surface area contributed by atoms with Crippen LogP contribution in [0.2, 0.25) is 5.02 Å². The summed E-state index contributed by atoms with van der Waals surface area (Å²) < 4.78 is 6.32. The van der Waals surface area contributed by atoms with Crippen LogP contribution in [0.15, 0.2) is 66.3 Å². The van der Waals surface area contributed by atoms with Crippen molar-refractivity contribution in [1.29, 1.82) is 0 Å². The summed E-state index contributed by atoms with van der Waals surface area (Å²) in [5, 5.41) is 33.4. The molecule has 0 heterocycles. The lowest BCUT2D eigenvalue weighted by Crippen LogP contribution is -2.56. The third kappa shape index (κ3) is 5.19. The first-order valence-electron chi connectivity index (χ1n) is 15.2. The van der Waals surface area contributed by atoms with Crippen molar-refractivity contribution in [2.75, 3.05) is 12.3 Å². The zero-order valence-electron chi connectivity index (χ0n) is 24.6. The van der Waals surface area contributed by atoms with E-state index in [1.807, 2.05) is 49.4 Å². The number of aliphatic hydroxyl groups is 3. The van der Waals surface area contributed by atoms with Crippen molar-refractivity contribution >= 4 is 28.9 Å². The molecule has 0 spiro atoms. The highest BCUT2D eigenvalue weighted by Gasteiger charge is 2.65. The molecule has 9 atom stereocenters. The second-order valence-corrected chi connectivity index (χ2v) is 13.8. The van der Waals surface area contributed by atoms with E-state index in [1.54, 1.807) is 18.2 Å². The molecule has 0 radical (unpaired) electrons. The molecule has 0 amide bonds. The van der Waals surface area contributed by atoms with Crippen molar-refractivity contribution < 1.29 is 29.6 Å². The molecule has 8 heteroatoms. The summed E-state index contributed by atoms with van der Waals surface area (Å²) in [5.74, 6) is -1.07. The van der Waals surface area contributed by atoms with Gasteiger partial charge in [-0.1, -0.05) is 55.3 Å². The first-order chi connectivity index (χ1) is 20.4. The number of fused-ring (bicyclic) bond motifs is 5. The fourth-order valence-electron chi connectivity index (χ4n) is 9.20. The number of aliphatic hydroxyl groups excluding tert-OH is 3. The van der Waals surface area contributed by atoms with Crippen molar-refractivity contribution in [2.45, 2.75) is 64.4 Å². The van der Waals surface area contributed by atoms with Crippen LogP contribution >= 0.6 is 11.6 Å². The van der Waals surface area contributed by atoms with E-state index < -0.39 is 41.9 Å². The summed E-state index contributed by atoms with van der Waals surface area (Å²) in [7, 11) is 0. The quantitative estimate of drug-likeness (QED) is 0.259. The van der Waals surface area contributed by atoms with Gasteiger partial charge >= 0.3 is 0 Å². The van der Waals surface area contributed by atoms with Gasteiger partial charge in [-0.25, -0.2) is 0 Å². The molecule has 6 rings (SSSR count). The van der Waals surface area contributed by atoms with Crippen LogP contribution in [0.4, 0.5) is 5.69 Å². The standard InChI is InChI=1S/C35H40ClNO6/c1-34-11-10-23(39)15-21(34)7-8-24-26-16-30(32(29(41)18-38)35(26,2)17-28(40)31(24)34)43-33(42)25-14-20(6-9-27(25)36)12-19-4-3-5-22(37)13-19/h3-6,9-11,13-15,24,26,28,30-33,38,40,42H,7-8,12,16-18,37H2,1-2H3/t24-,26?,28-,30+,31?,32-,33+,34-,35-/m0/s1. The molecule has 4 aliphatic carbocycles. The van der Waals surface area contributed by atoms with E-state index in [1.165, 1.54) is 0 Å². The predicted octanol–water partition coefficient (Wildman–Crippen LogP) is 4.96. The van der Waals surface area contributed by atoms with Gasteiger partial charge in [-0.15, -0.1) is 0 Å². The van der Waals surface area contributed by atoms with Crippen molar-refractivity contribution in [3.8, 4) is 0 Å². The summed E-state index contributed by atoms with van der Waals surface area (Å²) in [6, 6.07) is 13.1. The van der Waals surface area contributed by atoms with Crippen LogP contribution in [-0.4, -0.2) is 45.7 Å². The number of nitrogen functional groups attached to an aromatic ring is 1. The number of nitrogens with two attached hydrogens (primary N) is 1. The third-order valence-electron chi connectivity index (χ3n) is 11.0. The minimum Gasteiger partial charge on any atom is -0.399 e. The molecule has 2 aromatic rings. The number of Topliss-reactive ketones (excluding diaryl/α,β-unsaturated/α-hetero) is 1. The molecular formula is C35H40ClNO6. The number of anilines is 1. The molecule has 4 aliphatic rings. The van der Waals surface area contributed by atoms with Gasteiger partial charge in [0.2, 0.25) is 0 Å². The maximum atomic E-state index is 13.4. The Morgan fingerprint density at radius 3 is 2.70 bits per heavy atom. The molecule has 0 aliphatic heterocycles. The molecule has 0 bridgehead atoms. The lowest BCUT2D eigenvalue weighted by molar-refractivity contribution is -0.167. The zero-order chi connectivity index (χ0) is 30.7. The van der Waals surface area contributed by atoms with E-state index in [0.717, 1.165) is 29.5 Å². The van der Waals surface area contributed by atoms with Gasteiger partial charge in [0.15, 0.2) is 17.9 Å². The Bertz CT molecular complexity index is 1500. The van der Waals surface area contributed by atoms with Crippen LogP contribution in [0.25, 0.3) is 0 Å².